The largest absolute Gasteiger partial charge is 0.481 e. The molecule has 1 aliphatic rings. The second-order valence-corrected chi connectivity index (χ2v) is 11.3. The number of urea groups is 1. The van der Waals surface area contributed by atoms with Crippen LogP contribution in [0.25, 0.3) is 0 Å². The highest BCUT2D eigenvalue weighted by Crippen LogP contribution is 2.52. The highest BCUT2D eigenvalue weighted by molar-refractivity contribution is 14.1. The van der Waals surface area contributed by atoms with Crippen LogP contribution >= 0.6 is 22.9 Å². The lowest BCUT2D eigenvalue weighted by Gasteiger charge is -2.31. The van der Waals surface area contributed by atoms with Gasteiger partial charge in [0.25, 0.3) is 0 Å². The van der Waals surface area contributed by atoms with Gasteiger partial charge in [-0.2, -0.15) is 0 Å². The molecule has 6 nitrogen and oxygen atoms in total. The molecule has 2 aromatic rings. The van der Waals surface area contributed by atoms with Gasteiger partial charge >= 0.3 is 12.0 Å². The summed E-state index contributed by atoms with van der Waals surface area (Å²) in [5.41, 5.74) is 4.29. The summed E-state index contributed by atoms with van der Waals surface area (Å²) in [5, 5.41) is 12.6. The van der Waals surface area contributed by atoms with Crippen LogP contribution < -0.4 is 13.3 Å². The summed E-state index contributed by atoms with van der Waals surface area (Å²) >= 11 is 2.02. The standard InChI is InChI=1S/C27H36IN3O3/c1-18(2)16-30(17-19(3)4)24-11-8-21(27(12-13-27)15-25(32)33)14-23(24)29-26(34)31(28)22-9-6-20(5)7-10-22/h6-11,14,18-19H,12-13,15-17H2,1-5H3,(H,29,34)(H,32,33). The summed E-state index contributed by atoms with van der Waals surface area (Å²) in [6, 6.07) is 13.7. The Balaban J connectivity index is 1.97. The average Bonchev–Trinajstić information content (AvgIpc) is 3.52. The van der Waals surface area contributed by atoms with Crippen LogP contribution in [0.15, 0.2) is 42.5 Å². The highest BCUT2D eigenvalue weighted by Gasteiger charge is 2.46. The number of nitrogens with one attached hydrogen (secondary N) is 1. The van der Waals surface area contributed by atoms with E-state index in [9.17, 15) is 14.7 Å². The summed E-state index contributed by atoms with van der Waals surface area (Å²) in [6.07, 6.45) is 1.83. The van der Waals surface area contributed by atoms with E-state index in [1.54, 1.807) is 3.11 Å². The first kappa shape index (κ1) is 26.3. The molecule has 0 atom stereocenters. The maximum Gasteiger partial charge on any atom is 0.335 e. The van der Waals surface area contributed by atoms with Crippen molar-refractivity contribution in [1.29, 1.82) is 0 Å². The average molecular weight is 578 g/mol. The summed E-state index contributed by atoms with van der Waals surface area (Å²) in [6.45, 7) is 12.5. The van der Waals surface area contributed by atoms with Crippen LogP contribution in [0.4, 0.5) is 21.9 Å². The summed E-state index contributed by atoms with van der Waals surface area (Å²) in [4.78, 5) is 27.1. The molecule has 2 aromatic carbocycles. The van der Waals surface area contributed by atoms with Crippen LogP contribution in [0.2, 0.25) is 0 Å². The zero-order chi connectivity index (χ0) is 25.0. The molecule has 3 rings (SSSR count). The van der Waals surface area contributed by atoms with Crippen molar-refractivity contribution in [3.05, 3.63) is 53.6 Å². The second kappa shape index (κ2) is 11.0. The number of carboxylic acid groups (broad SMARTS) is 1. The molecule has 0 spiro atoms. The Morgan fingerprint density at radius 3 is 2.12 bits per heavy atom. The van der Waals surface area contributed by atoms with E-state index in [1.807, 2.05) is 60.1 Å². The van der Waals surface area contributed by atoms with E-state index >= 15 is 0 Å². The summed E-state index contributed by atoms with van der Waals surface area (Å²) in [5.74, 6) is 0.126. The van der Waals surface area contributed by atoms with Crippen LogP contribution in [0.5, 0.6) is 0 Å². The van der Waals surface area contributed by atoms with E-state index < -0.39 is 5.97 Å². The van der Waals surface area contributed by atoms with E-state index in [-0.39, 0.29) is 17.9 Å². The molecule has 34 heavy (non-hydrogen) atoms. The minimum absolute atomic E-state index is 0.114. The number of benzene rings is 2. The molecule has 0 aliphatic heterocycles. The van der Waals surface area contributed by atoms with Crippen molar-refractivity contribution in [3.63, 3.8) is 0 Å². The first-order valence-electron chi connectivity index (χ1n) is 12.0. The number of carbonyl (C=O) groups excluding carboxylic acids is 1. The Morgan fingerprint density at radius 1 is 1.03 bits per heavy atom. The lowest BCUT2D eigenvalue weighted by molar-refractivity contribution is -0.137. The molecule has 2 N–H and O–H groups in total. The van der Waals surface area contributed by atoms with Crippen molar-refractivity contribution in [1.82, 2.24) is 0 Å². The van der Waals surface area contributed by atoms with Gasteiger partial charge in [0, 0.05) is 18.5 Å². The molecule has 0 heterocycles. The molecule has 1 aliphatic carbocycles. The molecule has 2 amide bonds. The summed E-state index contributed by atoms with van der Waals surface area (Å²) < 4.78 is 1.58. The number of aryl methyl sites for hydroxylation is 1. The van der Waals surface area contributed by atoms with Crippen molar-refractivity contribution < 1.29 is 14.7 Å². The predicted octanol–water partition coefficient (Wildman–Crippen LogP) is 7.01. The molecule has 0 bridgehead atoms. The SMILES string of the molecule is Cc1ccc(N(I)C(=O)Nc2cc(C3(CC(=O)O)CC3)ccc2N(CC(C)C)CC(C)C)cc1. The Kier molecular flexibility index (Phi) is 8.49. The van der Waals surface area contributed by atoms with Crippen LogP contribution in [0, 0.1) is 18.8 Å². The lowest BCUT2D eigenvalue weighted by atomic mass is 9.91. The molecule has 0 radical (unpaired) electrons. The zero-order valence-corrected chi connectivity index (χ0v) is 22.9. The molecule has 0 unspecified atom stereocenters. The molecule has 0 saturated heterocycles. The smallest absolute Gasteiger partial charge is 0.335 e. The number of carboxylic acids is 1. The molecule has 1 fully saturated rings. The fourth-order valence-corrected chi connectivity index (χ4v) is 4.80. The van der Waals surface area contributed by atoms with Gasteiger partial charge in [0.05, 0.1) is 46.3 Å². The number of nitrogens with zero attached hydrogens (tertiary/aromatic N) is 2. The number of rotatable bonds is 10. The first-order valence-corrected chi connectivity index (χ1v) is 12.9. The van der Waals surface area contributed by atoms with Crippen LogP contribution in [0.1, 0.15) is 58.1 Å². The van der Waals surface area contributed by atoms with Crippen LogP contribution in [0.3, 0.4) is 0 Å². The third kappa shape index (κ3) is 6.64. The Bertz CT molecular complexity index is 1010. The van der Waals surface area contributed by atoms with Crippen molar-refractivity contribution in [3.8, 4) is 0 Å². The molecular formula is C27H36IN3O3. The zero-order valence-electron chi connectivity index (χ0n) is 20.8. The minimum Gasteiger partial charge on any atom is -0.481 e. The van der Waals surface area contributed by atoms with Crippen molar-refractivity contribution >= 4 is 51.9 Å². The fourth-order valence-electron chi connectivity index (χ4n) is 4.36. The van der Waals surface area contributed by atoms with Gasteiger partial charge in [-0.1, -0.05) is 51.5 Å². The Labute approximate surface area is 217 Å². The van der Waals surface area contributed by atoms with Crippen LogP contribution in [-0.4, -0.2) is 30.2 Å². The molecule has 184 valence electrons. The van der Waals surface area contributed by atoms with Gasteiger partial charge in [-0.15, -0.1) is 0 Å². The predicted molar refractivity (Wildman–Crippen MR) is 148 cm³/mol. The molecule has 7 heteroatoms. The normalized spacial score (nSPS) is 14.2. The van der Waals surface area contributed by atoms with Crippen molar-refractivity contribution in [2.45, 2.75) is 59.3 Å². The first-order chi connectivity index (χ1) is 16.0. The molecule has 1 saturated carbocycles. The number of hydrogen-bond donors (Lipinski definition) is 2. The van der Waals surface area contributed by atoms with Gasteiger partial charge in [0.2, 0.25) is 0 Å². The van der Waals surface area contributed by atoms with Gasteiger partial charge in [-0.3, -0.25) is 4.79 Å². The fraction of sp³-hybridized carbons (Fsp3) is 0.481. The van der Waals surface area contributed by atoms with Gasteiger partial charge in [0.15, 0.2) is 0 Å². The van der Waals surface area contributed by atoms with E-state index in [0.717, 1.165) is 54.1 Å². The van der Waals surface area contributed by atoms with E-state index in [1.165, 1.54) is 0 Å². The Morgan fingerprint density at radius 2 is 1.62 bits per heavy atom. The third-order valence-electron chi connectivity index (χ3n) is 6.14. The molecular weight excluding hydrogens is 541 g/mol. The van der Waals surface area contributed by atoms with Gasteiger partial charge in [-0.05, 0) is 61.4 Å². The van der Waals surface area contributed by atoms with Gasteiger partial charge in [0.1, 0.15) is 0 Å². The minimum atomic E-state index is -0.786. The van der Waals surface area contributed by atoms with Crippen molar-refractivity contribution in [2.75, 3.05) is 26.4 Å². The van der Waals surface area contributed by atoms with Gasteiger partial charge < -0.3 is 15.3 Å². The monoisotopic (exact) mass is 577 g/mol. The molecule has 0 aromatic heterocycles. The number of hydrogen-bond acceptors (Lipinski definition) is 3. The highest BCUT2D eigenvalue weighted by atomic mass is 127. The Hall–Kier alpha value is -2.29. The number of carbonyl (C=O) groups is 2. The van der Waals surface area contributed by atoms with Gasteiger partial charge in [-0.25, -0.2) is 7.91 Å². The number of aliphatic carboxylic acids is 1. The number of amides is 2. The van der Waals surface area contributed by atoms with Crippen molar-refractivity contribution in [2.24, 2.45) is 11.8 Å². The topological polar surface area (TPSA) is 72.9 Å². The number of halogens is 1. The number of anilines is 3. The maximum absolute atomic E-state index is 13.3. The lowest BCUT2D eigenvalue weighted by Crippen LogP contribution is -2.33. The van der Waals surface area contributed by atoms with E-state index in [2.05, 4.69) is 50.0 Å². The summed E-state index contributed by atoms with van der Waals surface area (Å²) in [7, 11) is 0. The van der Waals surface area contributed by atoms with E-state index in [4.69, 9.17) is 0 Å². The van der Waals surface area contributed by atoms with Crippen LogP contribution in [-0.2, 0) is 10.2 Å². The second-order valence-electron chi connectivity index (χ2n) is 10.3. The van der Waals surface area contributed by atoms with E-state index in [0.29, 0.717) is 11.8 Å². The third-order valence-corrected chi connectivity index (χ3v) is 7.14. The quantitative estimate of drug-likeness (QED) is 0.236. The maximum atomic E-state index is 13.3.